The maximum absolute atomic E-state index is 4.32. The molecule has 0 saturated heterocycles. The van der Waals surface area contributed by atoms with Crippen LogP contribution >= 0.6 is 0 Å². The Morgan fingerprint density at radius 1 is 1.25 bits per heavy atom. The second kappa shape index (κ2) is 4.85. The molecule has 0 saturated carbocycles. The summed E-state index contributed by atoms with van der Waals surface area (Å²) >= 11 is 0. The van der Waals surface area contributed by atoms with Gasteiger partial charge in [0.25, 0.3) is 0 Å². The van der Waals surface area contributed by atoms with Gasteiger partial charge in [-0.25, -0.2) is 9.67 Å². The molecule has 0 fully saturated rings. The number of aromatic nitrogens is 4. The number of nitrogens with one attached hydrogen (secondary N) is 1. The first-order valence-electron chi connectivity index (χ1n) is 5.33. The van der Waals surface area contributed by atoms with E-state index in [2.05, 4.69) is 27.3 Å². The number of hydrogen-bond acceptors (Lipinski definition) is 4. The number of nitrogens with zero attached hydrogens (tertiary/aromatic N) is 4. The van der Waals surface area contributed by atoms with Crippen molar-refractivity contribution in [3.05, 3.63) is 36.0 Å². The summed E-state index contributed by atoms with van der Waals surface area (Å²) in [6.45, 7) is 5.74. The molecule has 2 aromatic heterocycles. The van der Waals surface area contributed by atoms with Crippen LogP contribution in [-0.2, 0) is 6.54 Å². The Morgan fingerprint density at radius 3 is 2.69 bits per heavy atom. The monoisotopic (exact) mass is 217 g/mol. The van der Waals surface area contributed by atoms with E-state index in [4.69, 9.17) is 0 Å². The minimum atomic E-state index is 0.744. The summed E-state index contributed by atoms with van der Waals surface area (Å²) in [6.07, 6.45) is 7.23. The summed E-state index contributed by atoms with van der Waals surface area (Å²) in [5.74, 6) is 0.744. The predicted molar refractivity (Wildman–Crippen MR) is 61.3 cm³/mol. The molecule has 0 spiro atoms. The van der Waals surface area contributed by atoms with Gasteiger partial charge in [-0.2, -0.15) is 5.10 Å². The molecular weight excluding hydrogens is 202 g/mol. The molecule has 0 amide bonds. The fourth-order valence-corrected chi connectivity index (χ4v) is 1.35. The smallest absolute Gasteiger partial charge is 0.171 e. The van der Waals surface area contributed by atoms with Gasteiger partial charge in [0, 0.05) is 12.7 Å². The van der Waals surface area contributed by atoms with E-state index in [1.54, 1.807) is 23.3 Å². The lowest BCUT2D eigenvalue weighted by Gasteiger charge is -2.02. The molecule has 0 aliphatic rings. The third kappa shape index (κ3) is 2.43. The highest BCUT2D eigenvalue weighted by Crippen LogP contribution is 2.03. The predicted octanol–water partition coefficient (Wildman–Crippen LogP) is 1.08. The van der Waals surface area contributed by atoms with Crippen molar-refractivity contribution in [2.24, 2.45) is 0 Å². The molecule has 0 aliphatic heterocycles. The quantitative estimate of drug-likeness (QED) is 0.832. The molecular formula is C11H15N5. The lowest BCUT2D eigenvalue weighted by molar-refractivity contribution is 0.703. The van der Waals surface area contributed by atoms with Crippen LogP contribution in [0.1, 0.15) is 18.2 Å². The fourth-order valence-electron chi connectivity index (χ4n) is 1.35. The number of hydrogen-bond donors (Lipinski definition) is 1. The van der Waals surface area contributed by atoms with Crippen LogP contribution in [0.3, 0.4) is 0 Å². The second-order valence-corrected chi connectivity index (χ2v) is 3.61. The van der Waals surface area contributed by atoms with Crippen molar-refractivity contribution >= 4 is 0 Å². The molecule has 0 radical (unpaired) electrons. The summed E-state index contributed by atoms with van der Waals surface area (Å²) in [5.41, 5.74) is 2.05. The highest BCUT2D eigenvalue weighted by molar-refractivity contribution is 5.19. The van der Waals surface area contributed by atoms with Crippen LogP contribution in [0.5, 0.6) is 0 Å². The summed E-state index contributed by atoms with van der Waals surface area (Å²) in [7, 11) is 0. The first kappa shape index (κ1) is 10.8. The lowest BCUT2D eigenvalue weighted by Crippen LogP contribution is -2.13. The number of aryl methyl sites for hydroxylation is 1. The molecule has 0 aromatic carbocycles. The van der Waals surface area contributed by atoms with E-state index in [-0.39, 0.29) is 0 Å². The summed E-state index contributed by atoms with van der Waals surface area (Å²) in [4.78, 5) is 8.63. The van der Waals surface area contributed by atoms with Gasteiger partial charge in [-0.3, -0.25) is 4.98 Å². The van der Waals surface area contributed by atoms with Crippen LogP contribution < -0.4 is 5.32 Å². The Morgan fingerprint density at radius 2 is 2.12 bits per heavy atom. The maximum atomic E-state index is 4.32. The fraction of sp³-hybridized carbons (Fsp3) is 0.364. The van der Waals surface area contributed by atoms with E-state index < -0.39 is 0 Å². The normalized spacial score (nSPS) is 10.6. The summed E-state index contributed by atoms with van der Waals surface area (Å²) < 4.78 is 1.72. The van der Waals surface area contributed by atoms with Crippen molar-refractivity contribution in [2.45, 2.75) is 20.4 Å². The lowest BCUT2D eigenvalue weighted by atomic mass is 10.4. The second-order valence-electron chi connectivity index (χ2n) is 3.61. The summed E-state index contributed by atoms with van der Waals surface area (Å²) in [6, 6.07) is 0. The highest BCUT2D eigenvalue weighted by Gasteiger charge is 2.00. The molecule has 0 aliphatic carbocycles. The van der Waals surface area contributed by atoms with E-state index in [9.17, 15) is 0 Å². The molecule has 5 heteroatoms. The molecule has 84 valence electrons. The van der Waals surface area contributed by atoms with Crippen LogP contribution in [0, 0.1) is 6.92 Å². The molecule has 2 rings (SSSR count). The van der Waals surface area contributed by atoms with Gasteiger partial charge in [0.1, 0.15) is 0 Å². The Bertz CT molecular complexity index is 446. The Hall–Kier alpha value is -1.75. The molecule has 0 unspecified atom stereocenters. The van der Waals surface area contributed by atoms with Crippen molar-refractivity contribution in [3.63, 3.8) is 0 Å². The topological polar surface area (TPSA) is 55.6 Å². The highest BCUT2D eigenvalue weighted by atomic mass is 15.3. The zero-order valence-corrected chi connectivity index (χ0v) is 9.51. The first-order valence-corrected chi connectivity index (χ1v) is 5.33. The van der Waals surface area contributed by atoms with Gasteiger partial charge in [0.05, 0.1) is 24.3 Å². The largest absolute Gasteiger partial charge is 0.311 e. The zero-order chi connectivity index (χ0) is 11.4. The zero-order valence-electron chi connectivity index (χ0n) is 9.51. The van der Waals surface area contributed by atoms with Crippen LogP contribution in [0.4, 0.5) is 0 Å². The van der Waals surface area contributed by atoms with Gasteiger partial charge in [0.15, 0.2) is 5.82 Å². The van der Waals surface area contributed by atoms with Crippen molar-refractivity contribution in [1.82, 2.24) is 25.1 Å². The molecule has 16 heavy (non-hydrogen) atoms. The third-order valence-electron chi connectivity index (χ3n) is 2.19. The Kier molecular flexibility index (Phi) is 3.26. The van der Waals surface area contributed by atoms with Crippen molar-refractivity contribution < 1.29 is 0 Å². The van der Waals surface area contributed by atoms with E-state index >= 15 is 0 Å². The van der Waals surface area contributed by atoms with Gasteiger partial charge in [-0.1, -0.05) is 6.92 Å². The molecule has 0 bridgehead atoms. The Balaban J connectivity index is 2.13. The van der Waals surface area contributed by atoms with Crippen LogP contribution in [-0.4, -0.2) is 26.3 Å². The van der Waals surface area contributed by atoms with Crippen LogP contribution in [0.25, 0.3) is 5.82 Å². The maximum Gasteiger partial charge on any atom is 0.171 e. The standard InChI is InChI=1S/C11H15N5/c1-3-12-5-10-6-14-11(7-13-10)16-8-9(2)4-15-16/h4,6-8,12H,3,5H2,1-2H3. The van der Waals surface area contributed by atoms with Crippen molar-refractivity contribution in [3.8, 4) is 5.82 Å². The van der Waals surface area contributed by atoms with Crippen molar-refractivity contribution in [1.29, 1.82) is 0 Å². The van der Waals surface area contributed by atoms with Gasteiger partial charge in [-0.05, 0) is 19.0 Å². The number of rotatable bonds is 4. The first-order chi connectivity index (χ1) is 7.79. The molecule has 2 aromatic rings. The average Bonchev–Trinajstić information content (AvgIpc) is 2.74. The minimum Gasteiger partial charge on any atom is -0.311 e. The van der Waals surface area contributed by atoms with Gasteiger partial charge >= 0.3 is 0 Å². The average molecular weight is 217 g/mol. The molecule has 1 N–H and O–H groups in total. The van der Waals surface area contributed by atoms with Crippen molar-refractivity contribution in [2.75, 3.05) is 6.54 Å². The van der Waals surface area contributed by atoms with Gasteiger partial charge in [-0.15, -0.1) is 0 Å². The Labute approximate surface area is 94.5 Å². The third-order valence-corrected chi connectivity index (χ3v) is 2.19. The van der Waals surface area contributed by atoms with Crippen LogP contribution in [0.15, 0.2) is 24.8 Å². The van der Waals surface area contributed by atoms with E-state index in [0.29, 0.717) is 0 Å². The minimum absolute atomic E-state index is 0.744. The van der Waals surface area contributed by atoms with Gasteiger partial charge in [0.2, 0.25) is 0 Å². The van der Waals surface area contributed by atoms with E-state index in [1.165, 1.54) is 0 Å². The van der Waals surface area contributed by atoms with E-state index in [1.807, 2.05) is 13.1 Å². The van der Waals surface area contributed by atoms with Gasteiger partial charge < -0.3 is 5.32 Å². The summed E-state index contributed by atoms with van der Waals surface area (Å²) in [5, 5.41) is 7.38. The molecule has 5 nitrogen and oxygen atoms in total. The molecule has 2 heterocycles. The molecule has 0 atom stereocenters. The van der Waals surface area contributed by atoms with Crippen LogP contribution in [0.2, 0.25) is 0 Å². The van der Waals surface area contributed by atoms with E-state index in [0.717, 1.165) is 30.2 Å². The SMILES string of the molecule is CCNCc1cnc(-n2cc(C)cn2)cn1.